The number of rotatable bonds is 9. The van der Waals surface area contributed by atoms with Crippen molar-refractivity contribution in [1.29, 1.82) is 0 Å². The minimum atomic E-state index is 0.340. The van der Waals surface area contributed by atoms with Crippen LogP contribution in [0.15, 0.2) is 116 Å². The van der Waals surface area contributed by atoms with Gasteiger partial charge in [-0.3, -0.25) is 0 Å². The lowest BCUT2D eigenvalue weighted by molar-refractivity contribution is 0.111. The van der Waals surface area contributed by atoms with Gasteiger partial charge in [0, 0.05) is 140 Å². The van der Waals surface area contributed by atoms with E-state index >= 15 is 0 Å². The van der Waals surface area contributed by atoms with Gasteiger partial charge in [0.1, 0.15) is 6.60 Å². The summed E-state index contributed by atoms with van der Waals surface area (Å²) in [4.78, 5) is 52.8. The minimum Gasteiger partial charge on any atom is -0.403 e. The Morgan fingerprint density at radius 2 is 0.772 bits per heavy atom. The summed E-state index contributed by atoms with van der Waals surface area (Å²) in [6, 6.07) is 24.0. The molecule has 484 valence electrons. The second-order valence-electron chi connectivity index (χ2n) is 29.6. The zero-order valence-electron chi connectivity index (χ0n) is 59.0. The Balaban J connectivity index is 0.000000114. The van der Waals surface area contributed by atoms with Gasteiger partial charge in [-0.2, -0.15) is 0 Å². The lowest BCUT2D eigenvalue weighted by Crippen LogP contribution is -2.70. The Hall–Kier alpha value is -7.18. The zero-order chi connectivity index (χ0) is 65.2. The molecule has 4 saturated heterocycles. The monoisotopic (exact) mass is 1240 g/mol. The summed E-state index contributed by atoms with van der Waals surface area (Å²) < 4.78 is 0. The molecule has 15 heterocycles. The van der Waals surface area contributed by atoms with Gasteiger partial charge < -0.3 is 68.5 Å². The highest BCUT2D eigenvalue weighted by Crippen LogP contribution is 2.50. The predicted octanol–water partition coefficient (Wildman–Crippen LogP) is 10.1. The van der Waals surface area contributed by atoms with Gasteiger partial charge in [0.2, 0.25) is 6.74 Å². The van der Waals surface area contributed by atoms with Gasteiger partial charge in [0.25, 0.3) is 0 Å². The van der Waals surface area contributed by atoms with Gasteiger partial charge in [-0.1, -0.05) is 53.4 Å². The Kier molecular flexibility index (Phi) is 17.0. The molecule has 0 saturated carbocycles. The third-order valence-electron chi connectivity index (χ3n) is 24.4. The molecule has 0 amide bonds. The highest BCUT2D eigenvalue weighted by molar-refractivity contribution is 7.41. The van der Waals surface area contributed by atoms with Crippen molar-refractivity contribution in [1.82, 2.24) is 39.5 Å². The van der Waals surface area contributed by atoms with E-state index in [1.807, 2.05) is 36.9 Å². The van der Waals surface area contributed by atoms with E-state index in [1.165, 1.54) is 65.2 Å². The molecular formula is C69H103B5N18. The van der Waals surface area contributed by atoms with Crippen molar-refractivity contribution in [3.63, 3.8) is 0 Å². The molecule has 0 radical (unpaired) electrons. The van der Waals surface area contributed by atoms with Crippen LogP contribution in [0.4, 0.5) is 57.4 Å². The third-order valence-corrected chi connectivity index (χ3v) is 24.4. The van der Waals surface area contributed by atoms with E-state index in [1.54, 1.807) is 0 Å². The summed E-state index contributed by atoms with van der Waals surface area (Å²) in [5, 5.41) is 0. The minimum absolute atomic E-state index is 0.340. The molecule has 13 atom stereocenters. The summed E-state index contributed by atoms with van der Waals surface area (Å²) in [5.74, 6) is 8.66. The number of benzene rings is 1. The zero-order valence-corrected chi connectivity index (χ0v) is 59.0. The Morgan fingerprint density at radius 3 is 1.15 bits per heavy atom. The smallest absolute Gasteiger partial charge is 0.212 e. The van der Waals surface area contributed by atoms with Crippen LogP contribution in [0.25, 0.3) is 0 Å². The highest BCUT2D eigenvalue weighted by Gasteiger charge is 2.56. The molecule has 4 fully saturated rings. The average Bonchev–Trinajstić information content (AvgIpc) is 1.53. The van der Waals surface area contributed by atoms with Crippen LogP contribution in [0.3, 0.4) is 0 Å². The lowest BCUT2D eigenvalue weighted by Gasteiger charge is -2.53. The summed E-state index contributed by atoms with van der Waals surface area (Å²) >= 11 is 0. The maximum atomic E-state index is 4.71. The predicted molar refractivity (Wildman–Crippen MR) is 394 cm³/mol. The second-order valence-corrected chi connectivity index (χ2v) is 29.6. The van der Waals surface area contributed by atoms with Gasteiger partial charge in [0.05, 0.1) is 71.6 Å². The van der Waals surface area contributed by atoms with Crippen LogP contribution in [0.5, 0.6) is 0 Å². The third kappa shape index (κ3) is 10.5. The Labute approximate surface area is 554 Å². The molecule has 4 aromatic heterocycles. The second kappa shape index (κ2) is 24.6. The van der Waals surface area contributed by atoms with Crippen molar-refractivity contribution in [2.24, 2.45) is 5.92 Å². The average molecular weight is 1240 g/mol. The van der Waals surface area contributed by atoms with Crippen molar-refractivity contribution in [3.05, 3.63) is 122 Å². The van der Waals surface area contributed by atoms with Crippen LogP contribution >= 0.6 is 0 Å². The molecule has 16 rings (SSSR count). The van der Waals surface area contributed by atoms with Crippen LogP contribution in [-0.2, 0) is 6.42 Å². The molecule has 11 aliphatic heterocycles. The van der Waals surface area contributed by atoms with E-state index in [2.05, 4.69) is 297 Å². The van der Waals surface area contributed by atoms with Gasteiger partial charge >= 0.3 is 0 Å². The first-order valence-corrected chi connectivity index (χ1v) is 34.8. The molecule has 23 heteroatoms. The van der Waals surface area contributed by atoms with E-state index < -0.39 is 0 Å². The number of aromatic nitrogens is 4. The normalized spacial score (nSPS) is 29.3. The molecule has 6 unspecified atom stereocenters. The first kappa shape index (κ1) is 63.6. The van der Waals surface area contributed by atoms with Gasteiger partial charge in [-0.15, -0.1) is 0 Å². The number of nitrogens with zero attached hydrogens (tertiary/aromatic N) is 18. The summed E-state index contributed by atoms with van der Waals surface area (Å²) in [5.41, 5.74) is 9.36. The quantitative estimate of drug-likeness (QED) is 0.131. The molecule has 0 spiro atoms. The van der Waals surface area contributed by atoms with Gasteiger partial charge in [-0.25, -0.2) is 19.9 Å². The molecule has 11 aliphatic rings. The Bertz CT molecular complexity index is 3210. The highest BCUT2D eigenvalue weighted by atomic mass is 15.5. The van der Waals surface area contributed by atoms with Crippen molar-refractivity contribution < 1.29 is 0 Å². The van der Waals surface area contributed by atoms with Crippen molar-refractivity contribution in [2.45, 2.75) is 200 Å². The van der Waals surface area contributed by atoms with E-state index in [0.29, 0.717) is 92.2 Å². The summed E-state index contributed by atoms with van der Waals surface area (Å²) in [6.07, 6.45) is 25.5. The van der Waals surface area contributed by atoms with Crippen LogP contribution < -0.4 is 48.9 Å². The summed E-state index contributed by atoms with van der Waals surface area (Å²) in [6.45, 7) is 33.6. The fourth-order valence-electron chi connectivity index (χ4n) is 17.4. The fraction of sp³-hybridized carbons (Fsp3) is 0.565. The first-order valence-electron chi connectivity index (χ1n) is 34.8. The SMILES string of the molecule is CB1C(N2C=CN(C)[C@H]2C)CC1N1C=CN(C)[C@@H]1C.CB1C(N2c3cccnc3N(C)[C@H]2C)CC1N1c2cccnc2N(C)[C@@H]1C.CB1C(N2c3ncccc3N(C)[C@H]2C)CC1N1c2ncccc2N(C)[C@@H]1C.CB1CB1N1c2ccc(CC(C)C)cc2N(C)[C@@H]1C. The van der Waals surface area contributed by atoms with E-state index in [4.69, 9.17) is 9.97 Å². The van der Waals surface area contributed by atoms with E-state index in [9.17, 15) is 0 Å². The van der Waals surface area contributed by atoms with Gasteiger partial charge in [0.15, 0.2) is 43.4 Å². The molecule has 92 heavy (non-hydrogen) atoms. The molecule has 18 nitrogen and oxygen atoms in total. The molecule has 0 aliphatic carbocycles. The van der Waals surface area contributed by atoms with Crippen molar-refractivity contribution >= 4 is 90.9 Å². The fourth-order valence-corrected chi connectivity index (χ4v) is 17.4. The van der Waals surface area contributed by atoms with Gasteiger partial charge in [-0.05, 0) is 146 Å². The van der Waals surface area contributed by atoms with Crippen molar-refractivity contribution in [3.8, 4) is 0 Å². The molecule has 5 aromatic rings. The Morgan fingerprint density at radius 1 is 0.402 bits per heavy atom. The number of fused-ring (bicyclic) bond motifs is 5. The number of pyridine rings is 4. The topological polar surface area (TPSA) is 96.9 Å². The number of hydrogen-bond donors (Lipinski definition) is 0. The molecule has 0 bridgehead atoms. The number of anilines is 10. The largest absolute Gasteiger partial charge is 0.403 e. The van der Waals surface area contributed by atoms with Crippen molar-refractivity contribution in [2.75, 3.05) is 98.2 Å². The van der Waals surface area contributed by atoms with Crippen LogP contribution in [0.1, 0.15) is 87.1 Å². The van der Waals surface area contributed by atoms with Crippen LogP contribution in [0.2, 0.25) is 33.5 Å². The molecule has 1 aromatic carbocycles. The van der Waals surface area contributed by atoms with Crippen LogP contribution in [-0.4, -0.2) is 201 Å². The summed E-state index contributed by atoms with van der Waals surface area (Å²) in [7, 11) is 15.2. The maximum Gasteiger partial charge on any atom is 0.212 e. The van der Waals surface area contributed by atoms with E-state index in [0.717, 1.165) is 55.7 Å². The number of hydrogen-bond acceptors (Lipinski definition) is 18. The van der Waals surface area contributed by atoms with Crippen LogP contribution in [0, 0.1) is 5.92 Å². The lowest BCUT2D eigenvalue weighted by atomic mass is 9.29. The van der Waals surface area contributed by atoms with E-state index in [-0.39, 0.29) is 0 Å². The standard InChI is InChI=1S/2C20H27BN6.C15H24B2N2.C14H25BN4/c1-13-24(4)19-15(8-6-10-22-19)26(13)17-12-18(21(17)3)27-14(2)25(5)20-16(27)9-7-11-23-20;1-13-24(4)15-8-6-10-22-19(15)26(13)17-12-18(21(17)3)27-14(2)25(5)16-9-7-11-23-20(16)27;1-11(2)8-13-6-7-14-15(9-13)18(5)12(3)19(14)17-10-16(17)4;1-11-16(4)6-8-18(11)13-10-14(15(13)3)19-9-7-17(5)12(19)2/h2*6-11,13-14,17-18H,12H2,1-5H3;6-7,9,11-12H,8,10H2,1-5H3;6-9,11-14H,10H2,1-5H3/t2*13-,14+,17?,18?;12-;11-,12+,13?,14?/m..0./s1. The first-order chi connectivity index (χ1) is 44.0. The maximum absolute atomic E-state index is 4.71. The molecular weight excluding hydrogens is 1130 g/mol. The molecule has 0 N–H and O–H groups in total.